The molecule has 0 spiro atoms. The number of hydrogen-bond acceptors (Lipinski definition) is 5. The number of thiazole rings is 1. The second kappa shape index (κ2) is 8.28. The number of nitrogens with one attached hydrogen (secondary N) is 1. The second-order valence-electron chi connectivity index (χ2n) is 5.66. The summed E-state index contributed by atoms with van der Waals surface area (Å²) in [5.74, 6) is 0.403. The highest BCUT2D eigenvalue weighted by Crippen LogP contribution is 2.18. The number of hydrogen-bond donors (Lipinski definition) is 1. The summed E-state index contributed by atoms with van der Waals surface area (Å²) in [5, 5.41) is 14.5. The monoisotopic (exact) mass is 363 g/mol. The number of nitriles is 1. The van der Waals surface area contributed by atoms with Gasteiger partial charge < -0.3 is 10.1 Å². The maximum atomic E-state index is 12.4. The van der Waals surface area contributed by atoms with Crippen LogP contribution < -0.4 is 10.1 Å². The zero-order valence-corrected chi connectivity index (χ0v) is 15.0. The molecule has 130 valence electrons. The first-order valence-electron chi connectivity index (χ1n) is 8.05. The van der Waals surface area contributed by atoms with E-state index in [1.165, 1.54) is 0 Å². The molecule has 0 unspecified atom stereocenters. The molecule has 0 aliphatic carbocycles. The third kappa shape index (κ3) is 4.68. The van der Waals surface area contributed by atoms with Crippen molar-refractivity contribution in [1.29, 1.82) is 5.26 Å². The lowest BCUT2D eigenvalue weighted by molar-refractivity contribution is 0.102. The summed E-state index contributed by atoms with van der Waals surface area (Å²) in [6, 6.07) is 16.4. The maximum Gasteiger partial charge on any atom is 0.255 e. The van der Waals surface area contributed by atoms with Crippen LogP contribution in [0.1, 0.15) is 26.6 Å². The Kier molecular flexibility index (Phi) is 5.62. The first-order valence-corrected chi connectivity index (χ1v) is 8.93. The molecule has 0 radical (unpaired) electrons. The van der Waals surface area contributed by atoms with Crippen molar-refractivity contribution in [3.05, 3.63) is 75.7 Å². The molecule has 0 aliphatic rings. The molecular weight excluding hydrogens is 346 g/mol. The van der Waals surface area contributed by atoms with E-state index in [9.17, 15) is 4.79 Å². The van der Waals surface area contributed by atoms with Crippen LogP contribution >= 0.6 is 11.3 Å². The average Bonchev–Trinajstić information content (AvgIpc) is 3.07. The SMILES string of the molecule is Cc1nc(COc2cccc(C(=O)Nc3ccc(CC#N)cc3)c2)cs1. The van der Waals surface area contributed by atoms with Crippen LogP contribution in [0.15, 0.2) is 53.9 Å². The van der Waals surface area contributed by atoms with Gasteiger partial charge in [0.15, 0.2) is 0 Å². The summed E-state index contributed by atoms with van der Waals surface area (Å²) >= 11 is 1.58. The van der Waals surface area contributed by atoms with Gasteiger partial charge in [-0.15, -0.1) is 11.3 Å². The minimum Gasteiger partial charge on any atom is -0.487 e. The van der Waals surface area contributed by atoms with Gasteiger partial charge in [-0.25, -0.2) is 4.98 Å². The summed E-state index contributed by atoms with van der Waals surface area (Å²) < 4.78 is 5.72. The van der Waals surface area contributed by atoms with Gasteiger partial charge in [-0.1, -0.05) is 18.2 Å². The van der Waals surface area contributed by atoms with Crippen molar-refractivity contribution in [3.8, 4) is 11.8 Å². The van der Waals surface area contributed by atoms with E-state index in [1.807, 2.05) is 30.5 Å². The Morgan fingerprint density at radius 1 is 1.27 bits per heavy atom. The number of aryl methyl sites for hydroxylation is 1. The first-order chi connectivity index (χ1) is 12.6. The number of aromatic nitrogens is 1. The minimum absolute atomic E-state index is 0.215. The van der Waals surface area contributed by atoms with Gasteiger partial charge in [0.25, 0.3) is 5.91 Å². The van der Waals surface area contributed by atoms with Gasteiger partial charge in [0.2, 0.25) is 0 Å². The number of benzene rings is 2. The first kappa shape index (κ1) is 17.6. The van der Waals surface area contributed by atoms with Crippen molar-refractivity contribution in [1.82, 2.24) is 4.98 Å². The fourth-order valence-electron chi connectivity index (χ4n) is 2.36. The lowest BCUT2D eigenvalue weighted by Gasteiger charge is -2.08. The van der Waals surface area contributed by atoms with E-state index in [-0.39, 0.29) is 5.91 Å². The Morgan fingerprint density at radius 3 is 2.77 bits per heavy atom. The Labute approximate surface area is 155 Å². The molecule has 1 aromatic heterocycles. The van der Waals surface area contributed by atoms with Gasteiger partial charge in [-0.3, -0.25) is 4.79 Å². The van der Waals surface area contributed by atoms with Crippen LogP contribution in [0.4, 0.5) is 5.69 Å². The maximum absolute atomic E-state index is 12.4. The molecule has 1 N–H and O–H groups in total. The molecule has 0 aliphatic heterocycles. The van der Waals surface area contributed by atoms with Gasteiger partial charge in [0.1, 0.15) is 12.4 Å². The molecule has 1 amide bonds. The van der Waals surface area contributed by atoms with Gasteiger partial charge in [0, 0.05) is 16.6 Å². The smallest absolute Gasteiger partial charge is 0.255 e. The summed E-state index contributed by atoms with van der Waals surface area (Å²) in [7, 11) is 0. The molecule has 0 atom stereocenters. The molecule has 5 nitrogen and oxygen atoms in total. The van der Waals surface area contributed by atoms with Crippen molar-refractivity contribution in [2.75, 3.05) is 5.32 Å². The van der Waals surface area contributed by atoms with E-state index < -0.39 is 0 Å². The third-order valence-corrected chi connectivity index (χ3v) is 4.47. The highest BCUT2D eigenvalue weighted by atomic mass is 32.1. The van der Waals surface area contributed by atoms with Crippen molar-refractivity contribution in [3.63, 3.8) is 0 Å². The van der Waals surface area contributed by atoms with E-state index in [2.05, 4.69) is 16.4 Å². The Balaban J connectivity index is 1.63. The molecular formula is C20H17N3O2S. The fourth-order valence-corrected chi connectivity index (χ4v) is 2.96. The van der Waals surface area contributed by atoms with Crippen LogP contribution in [-0.4, -0.2) is 10.9 Å². The van der Waals surface area contributed by atoms with Crippen LogP contribution in [0.2, 0.25) is 0 Å². The Morgan fingerprint density at radius 2 is 2.08 bits per heavy atom. The van der Waals surface area contributed by atoms with E-state index in [1.54, 1.807) is 41.7 Å². The predicted octanol–water partition coefficient (Wildman–Crippen LogP) is 4.35. The standard InChI is InChI=1S/C20H17N3O2S/c1-14-22-18(13-26-14)12-25-19-4-2-3-16(11-19)20(24)23-17-7-5-15(6-8-17)9-10-21/h2-8,11,13H,9,12H2,1H3,(H,23,24). The van der Waals surface area contributed by atoms with E-state index >= 15 is 0 Å². The summed E-state index contributed by atoms with van der Waals surface area (Å²) in [6.07, 6.45) is 0.353. The average molecular weight is 363 g/mol. The molecule has 0 fully saturated rings. The van der Waals surface area contributed by atoms with Crippen molar-refractivity contribution in [2.24, 2.45) is 0 Å². The number of anilines is 1. The van der Waals surface area contributed by atoms with Crippen molar-refractivity contribution < 1.29 is 9.53 Å². The number of ether oxygens (including phenoxy) is 1. The van der Waals surface area contributed by atoms with Crippen molar-refractivity contribution >= 4 is 22.9 Å². The number of nitrogens with zero attached hydrogens (tertiary/aromatic N) is 2. The van der Waals surface area contributed by atoms with Crippen molar-refractivity contribution in [2.45, 2.75) is 20.0 Å². The van der Waals surface area contributed by atoms with E-state index in [0.717, 1.165) is 16.3 Å². The van der Waals surface area contributed by atoms with Crippen LogP contribution in [0.5, 0.6) is 5.75 Å². The largest absolute Gasteiger partial charge is 0.487 e. The van der Waals surface area contributed by atoms with E-state index in [0.29, 0.717) is 30.0 Å². The van der Waals surface area contributed by atoms with Gasteiger partial charge >= 0.3 is 0 Å². The molecule has 6 heteroatoms. The highest BCUT2D eigenvalue weighted by Gasteiger charge is 2.08. The molecule has 1 heterocycles. The zero-order chi connectivity index (χ0) is 18.4. The molecule has 26 heavy (non-hydrogen) atoms. The van der Waals surface area contributed by atoms with Gasteiger partial charge in [-0.05, 0) is 42.8 Å². The Hall–Kier alpha value is -3.17. The summed E-state index contributed by atoms with van der Waals surface area (Å²) in [5.41, 5.74) is 2.98. The number of carbonyl (C=O) groups excluding carboxylic acids is 1. The topological polar surface area (TPSA) is 75.0 Å². The number of amides is 1. The molecule has 0 saturated carbocycles. The third-order valence-electron chi connectivity index (χ3n) is 3.64. The van der Waals surface area contributed by atoms with Crippen LogP contribution in [0, 0.1) is 18.3 Å². The van der Waals surface area contributed by atoms with Gasteiger partial charge in [0.05, 0.1) is 23.2 Å². The molecule has 3 aromatic rings. The highest BCUT2D eigenvalue weighted by molar-refractivity contribution is 7.09. The molecule has 0 saturated heterocycles. The zero-order valence-electron chi connectivity index (χ0n) is 14.2. The Bertz CT molecular complexity index is 942. The quantitative estimate of drug-likeness (QED) is 0.706. The molecule has 3 rings (SSSR count). The normalized spacial score (nSPS) is 10.2. The summed E-state index contributed by atoms with van der Waals surface area (Å²) in [6.45, 7) is 2.32. The lowest BCUT2D eigenvalue weighted by atomic mass is 10.1. The number of carbonyl (C=O) groups is 1. The lowest BCUT2D eigenvalue weighted by Crippen LogP contribution is -2.12. The van der Waals surface area contributed by atoms with Crippen LogP contribution in [0.3, 0.4) is 0 Å². The fraction of sp³-hybridized carbons (Fsp3) is 0.150. The number of rotatable bonds is 6. The molecule has 2 aromatic carbocycles. The van der Waals surface area contributed by atoms with Crippen LogP contribution in [-0.2, 0) is 13.0 Å². The molecule has 0 bridgehead atoms. The van der Waals surface area contributed by atoms with Gasteiger partial charge in [-0.2, -0.15) is 5.26 Å². The van der Waals surface area contributed by atoms with E-state index in [4.69, 9.17) is 10.00 Å². The summed E-state index contributed by atoms with van der Waals surface area (Å²) in [4.78, 5) is 16.8. The second-order valence-corrected chi connectivity index (χ2v) is 6.72. The predicted molar refractivity (Wildman–Crippen MR) is 101 cm³/mol. The van der Waals surface area contributed by atoms with Crippen LogP contribution in [0.25, 0.3) is 0 Å². The minimum atomic E-state index is -0.215.